The second kappa shape index (κ2) is 12.7. The number of hydrogen-bond donors (Lipinski definition) is 0. The van der Waals surface area contributed by atoms with E-state index in [0.717, 1.165) is 77.0 Å². The second-order valence-electron chi connectivity index (χ2n) is 15.6. The summed E-state index contributed by atoms with van der Waals surface area (Å²) in [6, 6.07) is 71.3. The average Bonchev–Trinajstić information content (AvgIpc) is 3.88. The van der Waals surface area contributed by atoms with Crippen molar-refractivity contribution < 1.29 is 4.42 Å². The summed E-state index contributed by atoms with van der Waals surface area (Å²) in [6.07, 6.45) is 0. The first kappa shape index (κ1) is 32.9. The van der Waals surface area contributed by atoms with E-state index in [0.29, 0.717) is 5.95 Å². The van der Waals surface area contributed by atoms with E-state index in [2.05, 4.69) is 193 Å². The molecule has 3 aromatic heterocycles. The zero-order valence-electron chi connectivity index (χ0n) is 32.3. The molecule has 4 nitrogen and oxygen atoms in total. The van der Waals surface area contributed by atoms with Crippen LogP contribution in [-0.2, 0) is 0 Å². The summed E-state index contributed by atoms with van der Waals surface area (Å²) in [7, 11) is 0. The van der Waals surface area contributed by atoms with Gasteiger partial charge in [-0.05, 0) is 61.8 Å². The molecule has 10 aromatic carbocycles. The first-order chi connectivity index (χ1) is 29.8. The van der Waals surface area contributed by atoms with E-state index in [1.165, 1.54) is 43.4 Å². The second-order valence-corrected chi connectivity index (χ2v) is 15.6. The zero-order valence-corrected chi connectivity index (χ0v) is 32.3. The van der Waals surface area contributed by atoms with Crippen LogP contribution in [-0.4, -0.2) is 14.5 Å². The van der Waals surface area contributed by atoms with E-state index < -0.39 is 0 Å². The molecule has 0 fully saturated rings. The minimum atomic E-state index is 0.624. The summed E-state index contributed by atoms with van der Waals surface area (Å²) in [6.45, 7) is 0. The third kappa shape index (κ3) is 4.73. The van der Waals surface area contributed by atoms with Crippen molar-refractivity contribution in [2.24, 2.45) is 0 Å². The number of hydrogen-bond acceptors (Lipinski definition) is 3. The molecule has 13 rings (SSSR count). The van der Waals surface area contributed by atoms with Crippen LogP contribution < -0.4 is 0 Å². The molecule has 0 radical (unpaired) electrons. The van der Waals surface area contributed by atoms with Crippen molar-refractivity contribution in [3.8, 4) is 39.5 Å². The van der Waals surface area contributed by atoms with Crippen LogP contribution in [0.4, 0.5) is 0 Å². The predicted octanol–water partition coefficient (Wildman–Crippen LogP) is 15.1. The number of para-hydroxylation sites is 3. The smallest absolute Gasteiger partial charge is 0.235 e. The highest BCUT2D eigenvalue weighted by Gasteiger charge is 2.25. The Morgan fingerprint density at radius 2 is 0.900 bits per heavy atom. The van der Waals surface area contributed by atoms with Crippen molar-refractivity contribution in [3.63, 3.8) is 0 Å². The van der Waals surface area contributed by atoms with Crippen LogP contribution in [0.25, 0.3) is 126 Å². The van der Waals surface area contributed by atoms with Crippen LogP contribution in [0.3, 0.4) is 0 Å². The van der Waals surface area contributed by atoms with Gasteiger partial charge in [-0.25, -0.2) is 9.97 Å². The highest BCUT2D eigenvalue weighted by Crippen LogP contribution is 2.47. The monoisotopic (exact) mass is 763 g/mol. The van der Waals surface area contributed by atoms with Crippen molar-refractivity contribution in [1.29, 1.82) is 0 Å². The lowest BCUT2D eigenvalue weighted by atomic mass is 9.95. The number of nitrogens with zero attached hydrogens (tertiary/aromatic N) is 3. The molecule has 0 aliphatic rings. The number of aromatic nitrogens is 3. The van der Waals surface area contributed by atoms with E-state index in [1.54, 1.807) is 0 Å². The van der Waals surface area contributed by atoms with Crippen LogP contribution in [0.5, 0.6) is 0 Å². The highest BCUT2D eigenvalue weighted by molar-refractivity contribution is 6.33. The lowest BCUT2D eigenvalue weighted by Crippen LogP contribution is -2.04. The van der Waals surface area contributed by atoms with Gasteiger partial charge in [0.25, 0.3) is 0 Å². The Hall–Kier alpha value is -8.08. The van der Waals surface area contributed by atoms with Gasteiger partial charge in [0, 0.05) is 43.4 Å². The quantitative estimate of drug-likeness (QED) is 0.168. The number of benzene rings is 10. The maximum absolute atomic E-state index is 6.45. The molecule has 278 valence electrons. The van der Waals surface area contributed by atoms with E-state index >= 15 is 0 Å². The Balaban J connectivity index is 1.15. The third-order valence-electron chi connectivity index (χ3n) is 12.4. The summed E-state index contributed by atoms with van der Waals surface area (Å²) < 4.78 is 8.80. The zero-order chi connectivity index (χ0) is 39.3. The van der Waals surface area contributed by atoms with Crippen molar-refractivity contribution in [3.05, 3.63) is 200 Å². The number of fused-ring (bicyclic) bond motifs is 13. The van der Waals surface area contributed by atoms with Crippen molar-refractivity contribution >= 4 is 87.0 Å². The van der Waals surface area contributed by atoms with Crippen molar-refractivity contribution in [1.82, 2.24) is 14.5 Å². The van der Waals surface area contributed by atoms with Crippen LogP contribution in [0.15, 0.2) is 205 Å². The molecule has 60 heavy (non-hydrogen) atoms. The van der Waals surface area contributed by atoms with Gasteiger partial charge in [0.15, 0.2) is 0 Å². The van der Waals surface area contributed by atoms with Crippen molar-refractivity contribution in [2.75, 3.05) is 0 Å². The minimum Gasteiger partial charge on any atom is -0.456 e. The standard InChI is InChI=1S/C56H33N3O/c1-2-16-37-34(14-1)15-11-23-38(37)35-30-32-36(33-31-35)53-45-21-7-9-27-48(45)57-56(58-53)59-54-44(42-24-13-29-50-51(42)46-22-8-10-28-49(46)60-50)25-12-26-47(54)52-41-19-5-3-17-39(41)40-18-4-6-20-43(40)55(52)59/h1-33H. The van der Waals surface area contributed by atoms with Gasteiger partial charge in [-0.3, -0.25) is 4.57 Å². The van der Waals surface area contributed by atoms with Crippen LogP contribution in [0, 0.1) is 0 Å². The molecule has 0 bridgehead atoms. The molecule has 0 amide bonds. The number of furan rings is 1. The van der Waals surface area contributed by atoms with Gasteiger partial charge in [-0.2, -0.15) is 0 Å². The molecule has 3 heterocycles. The summed E-state index contributed by atoms with van der Waals surface area (Å²) in [5.74, 6) is 0.624. The van der Waals surface area contributed by atoms with Gasteiger partial charge in [-0.1, -0.05) is 182 Å². The van der Waals surface area contributed by atoms with Gasteiger partial charge in [0.05, 0.1) is 22.2 Å². The summed E-state index contributed by atoms with van der Waals surface area (Å²) in [5, 5.41) is 12.8. The van der Waals surface area contributed by atoms with Gasteiger partial charge in [0.1, 0.15) is 11.2 Å². The molecule has 0 spiro atoms. The molecule has 4 heteroatoms. The van der Waals surface area contributed by atoms with Crippen LogP contribution in [0.1, 0.15) is 0 Å². The van der Waals surface area contributed by atoms with Gasteiger partial charge >= 0.3 is 0 Å². The average molecular weight is 764 g/mol. The predicted molar refractivity (Wildman–Crippen MR) is 250 cm³/mol. The Kier molecular flexibility index (Phi) is 6.98. The largest absolute Gasteiger partial charge is 0.456 e. The maximum Gasteiger partial charge on any atom is 0.235 e. The van der Waals surface area contributed by atoms with Gasteiger partial charge < -0.3 is 4.42 Å². The van der Waals surface area contributed by atoms with Crippen LogP contribution in [0.2, 0.25) is 0 Å². The van der Waals surface area contributed by atoms with E-state index in [4.69, 9.17) is 14.4 Å². The Morgan fingerprint density at radius 1 is 0.333 bits per heavy atom. The SMILES string of the molecule is c1ccc2c(-c3ccc(-c4nc(-n5c6c(-c7cccc8oc9ccccc9c78)cccc6c6c7ccccc7c7ccccc7c65)nc5ccccc45)cc3)cccc2c1. The molecule has 0 aliphatic carbocycles. The van der Waals surface area contributed by atoms with Crippen molar-refractivity contribution in [2.45, 2.75) is 0 Å². The lowest BCUT2D eigenvalue weighted by molar-refractivity contribution is 0.669. The summed E-state index contributed by atoms with van der Waals surface area (Å²) in [4.78, 5) is 11.1. The fourth-order valence-corrected chi connectivity index (χ4v) is 9.81. The molecule has 0 aliphatic heterocycles. The summed E-state index contributed by atoms with van der Waals surface area (Å²) in [5.41, 5.74) is 11.3. The Labute approximate surface area is 344 Å². The third-order valence-corrected chi connectivity index (χ3v) is 12.4. The molecule has 0 saturated carbocycles. The molecule has 0 N–H and O–H groups in total. The normalized spacial score (nSPS) is 12.0. The van der Waals surface area contributed by atoms with E-state index in [1.807, 2.05) is 12.1 Å². The Morgan fingerprint density at radius 3 is 1.75 bits per heavy atom. The molecular weight excluding hydrogens is 731 g/mol. The van der Waals surface area contributed by atoms with Crippen LogP contribution >= 0.6 is 0 Å². The molecule has 13 aromatic rings. The van der Waals surface area contributed by atoms with E-state index in [9.17, 15) is 0 Å². The molecule has 0 unspecified atom stereocenters. The fourth-order valence-electron chi connectivity index (χ4n) is 9.81. The molecular formula is C56H33N3O. The summed E-state index contributed by atoms with van der Waals surface area (Å²) >= 11 is 0. The van der Waals surface area contributed by atoms with Gasteiger partial charge in [0.2, 0.25) is 5.95 Å². The lowest BCUT2D eigenvalue weighted by Gasteiger charge is -2.15. The Bertz CT molecular complexity index is 3890. The molecule has 0 atom stereocenters. The first-order valence-corrected chi connectivity index (χ1v) is 20.4. The number of rotatable bonds is 4. The minimum absolute atomic E-state index is 0.624. The molecule has 0 saturated heterocycles. The fraction of sp³-hybridized carbons (Fsp3) is 0. The topological polar surface area (TPSA) is 43.9 Å². The van der Waals surface area contributed by atoms with E-state index in [-0.39, 0.29) is 0 Å². The first-order valence-electron chi connectivity index (χ1n) is 20.4. The maximum atomic E-state index is 6.45. The van der Waals surface area contributed by atoms with Gasteiger partial charge in [-0.15, -0.1) is 0 Å². The highest BCUT2D eigenvalue weighted by atomic mass is 16.3.